The number of Topliss-reactive ketones (excluding diaryl/α,β-unsaturated/α-hetero) is 1. The molecule has 0 atom stereocenters. The summed E-state index contributed by atoms with van der Waals surface area (Å²) < 4.78 is 1.69. The summed E-state index contributed by atoms with van der Waals surface area (Å²) in [6.07, 6.45) is 18.7. The first kappa shape index (κ1) is 20.5. The number of allylic oxidation sites excluding steroid dienone is 8. The molecule has 0 N–H and O–H groups in total. The van der Waals surface area contributed by atoms with Gasteiger partial charge in [-0.05, 0) is 44.4 Å². The molecule has 0 bridgehead atoms. The van der Waals surface area contributed by atoms with E-state index in [4.69, 9.17) is 0 Å². The lowest BCUT2D eigenvalue weighted by molar-refractivity contribution is 0.104. The summed E-state index contributed by atoms with van der Waals surface area (Å²) in [6.45, 7) is 4.58. The average molecular weight is 385 g/mol. The first-order valence-corrected chi connectivity index (χ1v) is 9.72. The second-order valence-electron chi connectivity index (χ2n) is 7.15. The quantitative estimate of drug-likeness (QED) is 0.359. The van der Waals surface area contributed by atoms with Gasteiger partial charge in [-0.25, -0.2) is 0 Å². The van der Waals surface area contributed by atoms with Gasteiger partial charge in [-0.3, -0.25) is 14.6 Å². The number of nitrogens with zero attached hydrogens (tertiary/aromatic N) is 2. The summed E-state index contributed by atoms with van der Waals surface area (Å²) in [5.41, 5.74) is 4.69. The van der Waals surface area contributed by atoms with E-state index in [1.165, 1.54) is 5.57 Å². The number of aromatic nitrogens is 2. The zero-order chi connectivity index (χ0) is 20.6. The third kappa shape index (κ3) is 6.11. The lowest BCUT2D eigenvalue weighted by Gasteiger charge is -2.07. The molecule has 29 heavy (non-hydrogen) atoms. The molecule has 0 saturated heterocycles. The zero-order valence-corrected chi connectivity index (χ0v) is 16.8. The monoisotopic (exact) mass is 385 g/mol. The van der Waals surface area contributed by atoms with E-state index in [-0.39, 0.29) is 11.3 Å². The van der Waals surface area contributed by atoms with Gasteiger partial charge in [-0.15, -0.1) is 0 Å². The molecule has 0 spiro atoms. The van der Waals surface area contributed by atoms with Crippen molar-refractivity contribution in [2.75, 3.05) is 0 Å². The van der Waals surface area contributed by atoms with Crippen LogP contribution in [-0.2, 0) is 13.0 Å². The third-order valence-corrected chi connectivity index (χ3v) is 4.62. The molecule has 2 aromatic heterocycles. The Hall–Kier alpha value is -3.27. The summed E-state index contributed by atoms with van der Waals surface area (Å²) in [4.78, 5) is 28.4. The molecule has 3 rings (SSSR count). The molecule has 2 aromatic rings. The highest BCUT2D eigenvalue weighted by molar-refractivity contribution is 6.13. The molecular formula is C25H25N2O2. The maximum absolute atomic E-state index is 12.2. The topological polar surface area (TPSA) is 52.0 Å². The van der Waals surface area contributed by atoms with E-state index in [1.807, 2.05) is 50.7 Å². The summed E-state index contributed by atoms with van der Waals surface area (Å²) >= 11 is 0. The second-order valence-corrected chi connectivity index (χ2v) is 7.15. The van der Waals surface area contributed by atoms with E-state index in [1.54, 1.807) is 29.1 Å². The van der Waals surface area contributed by atoms with E-state index < -0.39 is 0 Å². The Morgan fingerprint density at radius 2 is 2.03 bits per heavy atom. The molecule has 0 aromatic carbocycles. The van der Waals surface area contributed by atoms with Crippen molar-refractivity contribution in [3.63, 3.8) is 0 Å². The molecule has 0 unspecified atom stereocenters. The predicted molar refractivity (Wildman–Crippen MR) is 117 cm³/mol. The molecule has 1 aliphatic carbocycles. The van der Waals surface area contributed by atoms with Crippen LogP contribution in [0.3, 0.4) is 0 Å². The Bertz CT molecular complexity index is 1070. The van der Waals surface area contributed by atoms with Crippen LogP contribution in [0.15, 0.2) is 94.7 Å². The van der Waals surface area contributed by atoms with Gasteiger partial charge in [-0.2, -0.15) is 0 Å². The Balaban J connectivity index is 1.76. The minimum Gasteiger partial charge on any atom is -0.311 e. The number of hydrogen-bond acceptors (Lipinski definition) is 3. The van der Waals surface area contributed by atoms with Gasteiger partial charge < -0.3 is 4.57 Å². The van der Waals surface area contributed by atoms with Crippen LogP contribution in [0.1, 0.15) is 36.2 Å². The van der Waals surface area contributed by atoms with E-state index in [9.17, 15) is 9.59 Å². The highest BCUT2D eigenvalue weighted by Gasteiger charge is 2.19. The average Bonchev–Trinajstić information content (AvgIpc) is 3.57. The fourth-order valence-electron chi connectivity index (χ4n) is 2.97. The Morgan fingerprint density at radius 3 is 2.76 bits per heavy atom. The maximum Gasteiger partial charge on any atom is 0.250 e. The van der Waals surface area contributed by atoms with Crippen molar-refractivity contribution in [2.24, 2.45) is 0 Å². The number of ketones is 1. The number of carbonyl (C=O) groups is 1. The fourth-order valence-corrected chi connectivity index (χ4v) is 2.97. The van der Waals surface area contributed by atoms with Crippen LogP contribution in [0.4, 0.5) is 0 Å². The second kappa shape index (κ2) is 9.78. The van der Waals surface area contributed by atoms with E-state index >= 15 is 0 Å². The van der Waals surface area contributed by atoms with Crippen LogP contribution in [0.2, 0.25) is 0 Å². The van der Waals surface area contributed by atoms with Gasteiger partial charge in [-0.1, -0.05) is 47.6 Å². The molecule has 0 aliphatic heterocycles. The molecular weight excluding hydrogens is 360 g/mol. The first-order valence-electron chi connectivity index (χ1n) is 9.72. The van der Waals surface area contributed by atoms with Gasteiger partial charge in [0.2, 0.25) is 0 Å². The lowest BCUT2D eigenvalue weighted by atomic mass is 10.00. The highest BCUT2D eigenvalue weighted by Crippen LogP contribution is 2.23. The van der Waals surface area contributed by atoms with Crippen molar-refractivity contribution in [1.29, 1.82) is 0 Å². The van der Waals surface area contributed by atoms with E-state index in [0.717, 1.165) is 29.6 Å². The van der Waals surface area contributed by atoms with Crippen molar-refractivity contribution < 1.29 is 4.79 Å². The van der Waals surface area contributed by atoms with Crippen molar-refractivity contribution >= 4 is 5.78 Å². The SMILES string of the molecule is C/C=C/C/C(=C\C=C(/C)Cn1ccccc1=O)Cc1cncc(C(=O)C2=C[CH]2)c1. The minimum atomic E-state index is -0.00560. The molecule has 2 heterocycles. The van der Waals surface area contributed by atoms with Gasteiger partial charge in [0.1, 0.15) is 0 Å². The van der Waals surface area contributed by atoms with Gasteiger partial charge in [0.25, 0.3) is 5.56 Å². The zero-order valence-electron chi connectivity index (χ0n) is 16.8. The summed E-state index contributed by atoms with van der Waals surface area (Å²) in [5, 5.41) is 0. The molecule has 147 valence electrons. The molecule has 0 amide bonds. The fraction of sp³-hybridized carbons (Fsp3) is 0.200. The number of pyridine rings is 2. The van der Waals surface area contributed by atoms with Crippen molar-refractivity contribution in [1.82, 2.24) is 9.55 Å². The standard InChI is InChI=1S/C25H25N2O2/c1-3-4-7-20(10-9-19(2)18-27-13-6-5-8-24(27)28)14-21-15-23(17-26-16-21)25(29)22-11-12-22/h3-6,8-13,15-17H,7,14,18H2,1-2H3/b4-3+,19-9+,20-10+. The van der Waals surface area contributed by atoms with Crippen LogP contribution in [-0.4, -0.2) is 15.3 Å². The maximum atomic E-state index is 12.2. The third-order valence-electron chi connectivity index (χ3n) is 4.62. The van der Waals surface area contributed by atoms with Crippen molar-refractivity contribution in [3.05, 3.63) is 118 Å². The van der Waals surface area contributed by atoms with Crippen LogP contribution >= 0.6 is 0 Å². The van der Waals surface area contributed by atoms with Crippen molar-refractivity contribution in [2.45, 2.75) is 33.2 Å². The number of carbonyl (C=O) groups excluding carboxylic acids is 1. The lowest BCUT2D eigenvalue weighted by Crippen LogP contribution is -2.18. The molecule has 1 radical (unpaired) electrons. The summed E-state index contributed by atoms with van der Waals surface area (Å²) in [7, 11) is 0. The Morgan fingerprint density at radius 1 is 1.21 bits per heavy atom. The van der Waals surface area contributed by atoms with Gasteiger partial charge >= 0.3 is 0 Å². The Kier molecular flexibility index (Phi) is 6.90. The van der Waals surface area contributed by atoms with Crippen LogP contribution in [0.25, 0.3) is 0 Å². The van der Waals surface area contributed by atoms with Gasteiger partial charge in [0.15, 0.2) is 5.78 Å². The minimum absolute atomic E-state index is 0.00560. The largest absolute Gasteiger partial charge is 0.311 e. The molecule has 4 heteroatoms. The van der Waals surface area contributed by atoms with E-state index in [0.29, 0.717) is 12.1 Å². The van der Waals surface area contributed by atoms with Crippen LogP contribution in [0, 0.1) is 6.42 Å². The number of rotatable bonds is 9. The number of hydrogen-bond donors (Lipinski definition) is 0. The summed E-state index contributed by atoms with van der Waals surface area (Å²) in [5.74, 6) is 0.0300. The van der Waals surface area contributed by atoms with Gasteiger partial charge in [0, 0.05) is 48.8 Å². The molecule has 4 nitrogen and oxygen atoms in total. The first-order chi connectivity index (χ1) is 14.1. The predicted octanol–water partition coefficient (Wildman–Crippen LogP) is 4.65. The molecule has 0 fully saturated rings. The normalized spacial score (nSPS) is 14.2. The van der Waals surface area contributed by atoms with E-state index in [2.05, 4.69) is 23.2 Å². The van der Waals surface area contributed by atoms with Crippen LogP contribution in [0.5, 0.6) is 0 Å². The molecule has 1 aliphatic rings. The van der Waals surface area contributed by atoms with Gasteiger partial charge in [0.05, 0.1) is 0 Å². The molecule has 0 saturated carbocycles. The summed E-state index contributed by atoms with van der Waals surface area (Å²) in [6, 6.07) is 7.10. The Labute approximate surface area is 171 Å². The highest BCUT2D eigenvalue weighted by atomic mass is 16.1. The van der Waals surface area contributed by atoms with Crippen LogP contribution < -0.4 is 5.56 Å². The smallest absolute Gasteiger partial charge is 0.250 e. The van der Waals surface area contributed by atoms with Crippen molar-refractivity contribution in [3.8, 4) is 0 Å².